The number of aryl methyl sites for hydroxylation is 2. The molecule has 1 aromatic heterocycles. The second kappa shape index (κ2) is 3.85. The number of nitrogens with one attached hydrogen (secondary N) is 1. The topological polar surface area (TPSA) is 45.8 Å². The van der Waals surface area contributed by atoms with Crippen molar-refractivity contribution in [3.8, 4) is 0 Å². The van der Waals surface area contributed by atoms with E-state index in [2.05, 4.69) is 32.8 Å². The standard InChI is InChI=1S/C8H11BrN2O/c1-3-4-6-10-5(2)7(9)8(12)11-6/h3-4H2,1-2H3,(H,10,11,12). The predicted octanol–water partition coefficient (Wildman–Crippen LogP) is 1.79. The van der Waals surface area contributed by atoms with Crippen molar-refractivity contribution in [2.45, 2.75) is 26.7 Å². The van der Waals surface area contributed by atoms with Crippen LogP contribution in [0, 0.1) is 6.92 Å². The van der Waals surface area contributed by atoms with Gasteiger partial charge >= 0.3 is 0 Å². The number of H-pyrrole nitrogens is 1. The molecule has 66 valence electrons. The van der Waals surface area contributed by atoms with Crippen LogP contribution >= 0.6 is 15.9 Å². The second-order valence-corrected chi connectivity index (χ2v) is 3.46. The van der Waals surface area contributed by atoms with Crippen LogP contribution in [0.15, 0.2) is 9.27 Å². The highest BCUT2D eigenvalue weighted by atomic mass is 79.9. The molecule has 0 unspecified atom stereocenters. The van der Waals surface area contributed by atoms with Gasteiger partial charge in [0.1, 0.15) is 10.3 Å². The molecule has 0 spiro atoms. The number of hydrogen-bond acceptors (Lipinski definition) is 2. The van der Waals surface area contributed by atoms with Gasteiger partial charge in [-0.1, -0.05) is 6.92 Å². The molecule has 0 atom stereocenters. The van der Waals surface area contributed by atoms with Crippen LogP contribution in [0.2, 0.25) is 0 Å². The largest absolute Gasteiger partial charge is 0.310 e. The van der Waals surface area contributed by atoms with E-state index in [1.165, 1.54) is 0 Å². The van der Waals surface area contributed by atoms with Gasteiger partial charge in [-0.15, -0.1) is 0 Å². The normalized spacial score (nSPS) is 10.2. The smallest absolute Gasteiger partial charge is 0.265 e. The third-order valence-corrected chi connectivity index (χ3v) is 2.50. The zero-order valence-electron chi connectivity index (χ0n) is 7.15. The van der Waals surface area contributed by atoms with Crippen LogP contribution in [0.3, 0.4) is 0 Å². The molecule has 0 amide bonds. The molecule has 0 saturated carbocycles. The monoisotopic (exact) mass is 230 g/mol. The minimum atomic E-state index is -0.0917. The second-order valence-electron chi connectivity index (χ2n) is 2.66. The first-order valence-corrected chi connectivity index (χ1v) is 4.69. The number of aromatic nitrogens is 2. The van der Waals surface area contributed by atoms with E-state index in [9.17, 15) is 4.79 Å². The van der Waals surface area contributed by atoms with Gasteiger partial charge in [-0.05, 0) is 29.3 Å². The molecule has 0 saturated heterocycles. The quantitative estimate of drug-likeness (QED) is 0.843. The van der Waals surface area contributed by atoms with Crippen LogP contribution in [0.25, 0.3) is 0 Å². The third-order valence-electron chi connectivity index (χ3n) is 1.56. The lowest BCUT2D eigenvalue weighted by Crippen LogP contribution is -2.13. The highest BCUT2D eigenvalue weighted by Gasteiger charge is 2.03. The number of aromatic amines is 1. The molecule has 1 heterocycles. The van der Waals surface area contributed by atoms with Gasteiger partial charge < -0.3 is 4.98 Å². The van der Waals surface area contributed by atoms with Crippen molar-refractivity contribution in [2.75, 3.05) is 0 Å². The molecule has 12 heavy (non-hydrogen) atoms. The molecule has 0 aliphatic heterocycles. The minimum absolute atomic E-state index is 0.0917. The molecule has 3 nitrogen and oxygen atoms in total. The Bertz CT molecular complexity index is 332. The molecule has 0 aliphatic carbocycles. The maximum Gasteiger partial charge on any atom is 0.265 e. The molecule has 0 fully saturated rings. The lowest BCUT2D eigenvalue weighted by molar-refractivity contribution is 0.811. The molecule has 1 rings (SSSR count). The maximum atomic E-state index is 11.2. The first-order valence-electron chi connectivity index (χ1n) is 3.90. The van der Waals surface area contributed by atoms with E-state index < -0.39 is 0 Å². The van der Waals surface area contributed by atoms with Crippen molar-refractivity contribution in [3.63, 3.8) is 0 Å². The lowest BCUT2D eigenvalue weighted by atomic mass is 10.3. The van der Waals surface area contributed by atoms with Crippen LogP contribution < -0.4 is 5.56 Å². The third kappa shape index (κ3) is 1.94. The van der Waals surface area contributed by atoms with Gasteiger partial charge in [0.05, 0.1) is 5.69 Å². The minimum Gasteiger partial charge on any atom is -0.310 e. The van der Waals surface area contributed by atoms with Crippen molar-refractivity contribution in [1.29, 1.82) is 0 Å². The van der Waals surface area contributed by atoms with Crippen LogP contribution in [-0.2, 0) is 6.42 Å². The van der Waals surface area contributed by atoms with Crippen molar-refractivity contribution < 1.29 is 0 Å². The Balaban J connectivity index is 3.13. The summed E-state index contributed by atoms with van der Waals surface area (Å²) in [4.78, 5) is 18.1. The van der Waals surface area contributed by atoms with Crippen LogP contribution in [0.1, 0.15) is 24.9 Å². The van der Waals surface area contributed by atoms with Crippen molar-refractivity contribution in [1.82, 2.24) is 9.97 Å². The Hall–Kier alpha value is -0.640. The van der Waals surface area contributed by atoms with Gasteiger partial charge in [-0.2, -0.15) is 0 Å². The van der Waals surface area contributed by atoms with Gasteiger partial charge in [0.15, 0.2) is 0 Å². The van der Waals surface area contributed by atoms with Gasteiger partial charge in [-0.25, -0.2) is 4.98 Å². The molecule has 0 bridgehead atoms. The predicted molar refractivity (Wildman–Crippen MR) is 51.3 cm³/mol. The maximum absolute atomic E-state index is 11.2. The lowest BCUT2D eigenvalue weighted by Gasteiger charge is -2.00. The van der Waals surface area contributed by atoms with Gasteiger partial charge in [0.2, 0.25) is 0 Å². The summed E-state index contributed by atoms with van der Waals surface area (Å²) in [5, 5.41) is 0. The molecule has 0 aliphatic rings. The summed E-state index contributed by atoms with van der Waals surface area (Å²) in [6.45, 7) is 3.87. The Morgan fingerprint density at radius 1 is 1.58 bits per heavy atom. The zero-order chi connectivity index (χ0) is 9.14. The molecule has 1 aromatic rings. The van der Waals surface area contributed by atoms with E-state index in [0.717, 1.165) is 24.4 Å². The first-order chi connectivity index (χ1) is 5.65. The fourth-order valence-electron chi connectivity index (χ4n) is 0.985. The highest BCUT2D eigenvalue weighted by molar-refractivity contribution is 9.10. The van der Waals surface area contributed by atoms with Crippen molar-refractivity contribution in [3.05, 3.63) is 26.3 Å². The summed E-state index contributed by atoms with van der Waals surface area (Å²) in [6.07, 6.45) is 1.81. The average molecular weight is 231 g/mol. The Morgan fingerprint density at radius 2 is 2.25 bits per heavy atom. The van der Waals surface area contributed by atoms with E-state index in [4.69, 9.17) is 0 Å². The van der Waals surface area contributed by atoms with Crippen LogP contribution in [0.5, 0.6) is 0 Å². The van der Waals surface area contributed by atoms with E-state index in [1.54, 1.807) is 0 Å². The summed E-state index contributed by atoms with van der Waals surface area (Å²) >= 11 is 3.16. The Morgan fingerprint density at radius 3 is 2.75 bits per heavy atom. The summed E-state index contributed by atoms with van der Waals surface area (Å²) in [7, 11) is 0. The van der Waals surface area contributed by atoms with Crippen LogP contribution in [-0.4, -0.2) is 9.97 Å². The van der Waals surface area contributed by atoms with E-state index >= 15 is 0 Å². The first kappa shape index (κ1) is 9.45. The molecular formula is C8H11BrN2O. The van der Waals surface area contributed by atoms with Crippen molar-refractivity contribution >= 4 is 15.9 Å². The summed E-state index contributed by atoms with van der Waals surface area (Å²) < 4.78 is 0.530. The Labute approximate surface area is 79.4 Å². The number of hydrogen-bond donors (Lipinski definition) is 1. The SMILES string of the molecule is CCCc1nc(C)c(Br)c(=O)[nH]1. The molecule has 1 N–H and O–H groups in total. The number of rotatable bonds is 2. The van der Waals surface area contributed by atoms with E-state index in [-0.39, 0.29) is 5.56 Å². The fraction of sp³-hybridized carbons (Fsp3) is 0.500. The zero-order valence-corrected chi connectivity index (χ0v) is 8.73. The van der Waals surface area contributed by atoms with Crippen LogP contribution in [0.4, 0.5) is 0 Å². The molecule has 0 aromatic carbocycles. The fourth-order valence-corrected chi connectivity index (χ4v) is 1.17. The van der Waals surface area contributed by atoms with Gasteiger partial charge in [0.25, 0.3) is 5.56 Å². The van der Waals surface area contributed by atoms with Gasteiger partial charge in [0, 0.05) is 6.42 Å². The summed E-state index contributed by atoms with van der Waals surface area (Å²) in [5.74, 6) is 0.767. The highest BCUT2D eigenvalue weighted by Crippen LogP contribution is 2.07. The van der Waals surface area contributed by atoms with E-state index in [0.29, 0.717) is 4.47 Å². The Kier molecular flexibility index (Phi) is 3.03. The molecule has 0 radical (unpaired) electrons. The average Bonchev–Trinajstić information content (AvgIpc) is 2.01. The van der Waals surface area contributed by atoms with Crippen molar-refractivity contribution in [2.24, 2.45) is 0 Å². The summed E-state index contributed by atoms with van der Waals surface area (Å²) in [6, 6.07) is 0. The number of halogens is 1. The van der Waals surface area contributed by atoms with E-state index in [1.807, 2.05) is 6.92 Å². The summed E-state index contributed by atoms with van der Waals surface area (Å²) in [5.41, 5.74) is 0.660. The number of nitrogens with zero attached hydrogens (tertiary/aromatic N) is 1. The molecule has 4 heteroatoms. The molecular weight excluding hydrogens is 220 g/mol. The van der Waals surface area contributed by atoms with Gasteiger partial charge in [-0.3, -0.25) is 4.79 Å².